The summed E-state index contributed by atoms with van der Waals surface area (Å²) < 4.78 is 26.5. The second kappa shape index (κ2) is 7.61. The van der Waals surface area contributed by atoms with Crippen molar-refractivity contribution in [2.45, 2.75) is 13.0 Å². The number of hydrogen-bond acceptors (Lipinski definition) is 7. The highest BCUT2D eigenvalue weighted by Crippen LogP contribution is 2.38. The zero-order valence-corrected chi connectivity index (χ0v) is 15.6. The van der Waals surface area contributed by atoms with E-state index in [1.165, 1.54) is 27.4 Å². The topological polar surface area (TPSA) is 87.4 Å². The number of nitrogens with zero attached hydrogens (tertiary/aromatic N) is 1. The molecule has 2 heterocycles. The number of carbonyl (C=O) groups is 1. The second-order valence-corrected chi connectivity index (χ2v) is 6.09. The number of rotatable bonds is 6. The minimum Gasteiger partial charge on any atom is -0.493 e. The molecule has 1 amide bonds. The van der Waals surface area contributed by atoms with Crippen LogP contribution < -0.4 is 24.6 Å². The molecule has 0 radical (unpaired) electrons. The minimum atomic E-state index is -0.463. The molecule has 0 N–H and O–H groups in total. The van der Waals surface area contributed by atoms with E-state index in [2.05, 4.69) is 0 Å². The summed E-state index contributed by atoms with van der Waals surface area (Å²) in [7, 11) is 4.50. The van der Waals surface area contributed by atoms with Crippen LogP contribution in [0.25, 0.3) is 0 Å². The quantitative estimate of drug-likeness (QED) is 0.762. The first kappa shape index (κ1) is 18.6. The van der Waals surface area contributed by atoms with Crippen molar-refractivity contribution in [2.24, 2.45) is 0 Å². The molecule has 1 fully saturated rings. The molecule has 1 aliphatic heterocycles. The maximum atomic E-state index is 12.7. The molecule has 1 aliphatic rings. The van der Waals surface area contributed by atoms with Gasteiger partial charge in [-0.2, -0.15) is 0 Å². The summed E-state index contributed by atoms with van der Waals surface area (Å²) in [6.45, 7) is 2.50. The van der Waals surface area contributed by atoms with Gasteiger partial charge in [0.05, 0.1) is 40.5 Å². The average molecular weight is 375 g/mol. The molecule has 0 unspecified atom stereocenters. The predicted octanol–water partition coefficient (Wildman–Crippen LogP) is 1.88. The number of likely N-dealkylation sites (tertiary alicyclic amines) is 1. The third kappa shape index (κ3) is 3.84. The van der Waals surface area contributed by atoms with Crippen LogP contribution in [0.3, 0.4) is 0 Å². The van der Waals surface area contributed by atoms with Crippen LogP contribution in [0.1, 0.15) is 16.1 Å². The van der Waals surface area contributed by atoms with Gasteiger partial charge in [-0.1, -0.05) is 0 Å². The van der Waals surface area contributed by atoms with Crippen molar-refractivity contribution in [1.82, 2.24) is 4.90 Å². The summed E-state index contributed by atoms with van der Waals surface area (Å²) in [4.78, 5) is 25.7. The second-order valence-electron chi connectivity index (χ2n) is 6.09. The van der Waals surface area contributed by atoms with Crippen LogP contribution in [-0.2, 0) is 0 Å². The molecule has 0 atom stereocenters. The molecule has 2 aromatic rings. The van der Waals surface area contributed by atoms with E-state index in [0.717, 1.165) is 0 Å². The monoisotopic (exact) mass is 375 g/mol. The van der Waals surface area contributed by atoms with Gasteiger partial charge in [-0.15, -0.1) is 0 Å². The smallest absolute Gasteiger partial charge is 0.339 e. The van der Waals surface area contributed by atoms with Crippen LogP contribution in [-0.4, -0.2) is 51.3 Å². The first-order valence-electron chi connectivity index (χ1n) is 8.33. The summed E-state index contributed by atoms with van der Waals surface area (Å²) in [5.41, 5.74) is -0.0335. The Kier molecular flexibility index (Phi) is 5.25. The van der Waals surface area contributed by atoms with E-state index < -0.39 is 5.63 Å². The first-order valence-corrected chi connectivity index (χ1v) is 8.33. The highest BCUT2D eigenvalue weighted by atomic mass is 16.5. The van der Waals surface area contributed by atoms with Gasteiger partial charge < -0.3 is 28.3 Å². The van der Waals surface area contributed by atoms with Crippen LogP contribution in [0.4, 0.5) is 0 Å². The molecule has 0 spiro atoms. The van der Waals surface area contributed by atoms with Gasteiger partial charge >= 0.3 is 5.63 Å². The van der Waals surface area contributed by atoms with E-state index in [-0.39, 0.29) is 12.0 Å². The lowest BCUT2D eigenvalue weighted by molar-refractivity contribution is 0.0174. The van der Waals surface area contributed by atoms with Gasteiger partial charge in [0, 0.05) is 11.6 Å². The molecular formula is C19H21NO7. The fraction of sp³-hybridized carbons (Fsp3) is 0.368. The Morgan fingerprint density at radius 1 is 1.04 bits per heavy atom. The van der Waals surface area contributed by atoms with Crippen LogP contribution >= 0.6 is 0 Å². The van der Waals surface area contributed by atoms with Gasteiger partial charge in [-0.25, -0.2) is 4.79 Å². The molecule has 3 rings (SSSR count). The fourth-order valence-corrected chi connectivity index (χ4v) is 2.90. The Morgan fingerprint density at radius 2 is 1.67 bits per heavy atom. The lowest BCUT2D eigenvalue weighted by atomic mass is 10.1. The predicted molar refractivity (Wildman–Crippen MR) is 96.1 cm³/mol. The van der Waals surface area contributed by atoms with Gasteiger partial charge in [0.2, 0.25) is 5.75 Å². The highest BCUT2D eigenvalue weighted by Gasteiger charge is 2.34. The van der Waals surface area contributed by atoms with E-state index in [9.17, 15) is 9.59 Å². The zero-order chi connectivity index (χ0) is 19.6. The number of methoxy groups -OCH3 is 3. The summed E-state index contributed by atoms with van der Waals surface area (Å²) >= 11 is 0. The molecule has 0 bridgehead atoms. The fourth-order valence-electron chi connectivity index (χ4n) is 2.90. The SMILES string of the molecule is COc1cc(C(=O)N2CC(Oc3cc(C)oc(=O)c3)C2)cc(OC)c1OC. The van der Waals surface area contributed by atoms with E-state index in [1.807, 2.05) is 0 Å². The molecule has 1 saturated heterocycles. The van der Waals surface area contributed by atoms with Gasteiger partial charge in [-0.3, -0.25) is 4.79 Å². The molecule has 27 heavy (non-hydrogen) atoms. The van der Waals surface area contributed by atoms with Crippen molar-refractivity contribution >= 4 is 5.91 Å². The number of amides is 1. The van der Waals surface area contributed by atoms with Crippen molar-refractivity contribution < 1.29 is 28.2 Å². The van der Waals surface area contributed by atoms with E-state index in [1.54, 1.807) is 30.0 Å². The van der Waals surface area contributed by atoms with E-state index >= 15 is 0 Å². The molecule has 0 saturated carbocycles. The van der Waals surface area contributed by atoms with Crippen LogP contribution in [0, 0.1) is 6.92 Å². The molecule has 1 aromatic carbocycles. The average Bonchev–Trinajstić information content (AvgIpc) is 2.61. The van der Waals surface area contributed by atoms with Crippen molar-refractivity contribution in [2.75, 3.05) is 34.4 Å². The third-order valence-electron chi connectivity index (χ3n) is 4.22. The highest BCUT2D eigenvalue weighted by molar-refractivity contribution is 5.96. The lowest BCUT2D eigenvalue weighted by Crippen LogP contribution is -2.56. The molecular weight excluding hydrogens is 354 g/mol. The summed E-state index contributed by atoms with van der Waals surface area (Å²) in [5, 5.41) is 0. The molecule has 8 heteroatoms. The van der Waals surface area contributed by atoms with E-state index in [4.69, 9.17) is 23.4 Å². The largest absolute Gasteiger partial charge is 0.493 e. The minimum absolute atomic E-state index is 0.169. The number of benzene rings is 1. The van der Waals surface area contributed by atoms with Crippen LogP contribution in [0.2, 0.25) is 0 Å². The Labute approximate surface area is 156 Å². The Balaban J connectivity index is 1.69. The van der Waals surface area contributed by atoms with E-state index in [0.29, 0.717) is 47.4 Å². The standard InChI is InChI=1S/C19H21NO7/c1-11-5-13(8-17(21)26-11)27-14-9-20(10-14)19(22)12-6-15(23-2)18(25-4)16(7-12)24-3/h5-8,14H,9-10H2,1-4H3. The zero-order valence-electron chi connectivity index (χ0n) is 15.6. The van der Waals surface area contributed by atoms with Gasteiger partial charge in [0.15, 0.2) is 11.5 Å². The van der Waals surface area contributed by atoms with Crippen LogP contribution in [0.5, 0.6) is 23.0 Å². The summed E-state index contributed by atoms with van der Waals surface area (Å²) in [6.07, 6.45) is -0.183. The van der Waals surface area contributed by atoms with Gasteiger partial charge in [0.25, 0.3) is 5.91 Å². The maximum absolute atomic E-state index is 12.7. The van der Waals surface area contributed by atoms with Crippen molar-refractivity contribution in [1.29, 1.82) is 0 Å². The normalized spacial score (nSPS) is 13.7. The molecule has 1 aromatic heterocycles. The Hall–Kier alpha value is -3.16. The molecule has 144 valence electrons. The molecule has 8 nitrogen and oxygen atoms in total. The number of ether oxygens (including phenoxy) is 4. The number of hydrogen-bond donors (Lipinski definition) is 0. The van der Waals surface area contributed by atoms with Gasteiger partial charge in [-0.05, 0) is 19.1 Å². The van der Waals surface area contributed by atoms with Crippen LogP contribution in [0.15, 0.2) is 33.5 Å². The summed E-state index contributed by atoms with van der Waals surface area (Å²) in [6, 6.07) is 6.16. The number of carbonyl (C=O) groups excluding carboxylic acids is 1. The first-order chi connectivity index (χ1) is 12.9. The summed E-state index contributed by atoms with van der Waals surface area (Å²) in [5.74, 6) is 2.01. The number of aryl methyl sites for hydroxylation is 1. The molecule has 0 aliphatic carbocycles. The van der Waals surface area contributed by atoms with Crippen molar-refractivity contribution in [3.8, 4) is 23.0 Å². The lowest BCUT2D eigenvalue weighted by Gasteiger charge is -2.39. The van der Waals surface area contributed by atoms with Crippen molar-refractivity contribution in [3.05, 3.63) is 46.0 Å². The third-order valence-corrected chi connectivity index (χ3v) is 4.22. The van der Waals surface area contributed by atoms with Crippen molar-refractivity contribution in [3.63, 3.8) is 0 Å². The Bertz CT molecular complexity index is 874. The maximum Gasteiger partial charge on any atom is 0.339 e. The Morgan fingerprint density at radius 3 is 2.19 bits per heavy atom. The van der Waals surface area contributed by atoms with Gasteiger partial charge in [0.1, 0.15) is 17.6 Å².